The summed E-state index contributed by atoms with van der Waals surface area (Å²) in [5.74, 6) is 0. The van der Waals surface area contributed by atoms with E-state index in [-0.39, 0.29) is 5.56 Å². The highest BCUT2D eigenvalue weighted by atomic mass is 19.4. The van der Waals surface area contributed by atoms with E-state index in [2.05, 4.69) is 4.90 Å². The predicted octanol–water partition coefficient (Wildman–Crippen LogP) is 2.03. The number of halogens is 3. The fourth-order valence-electron chi connectivity index (χ4n) is 2.23. The molecule has 1 saturated heterocycles. The predicted molar refractivity (Wildman–Crippen MR) is 67.2 cm³/mol. The lowest BCUT2D eigenvalue weighted by Crippen LogP contribution is -2.45. The van der Waals surface area contributed by atoms with Gasteiger partial charge in [-0.05, 0) is 13.1 Å². The molecule has 1 atom stereocenters. The summed E-state index contributed by atoms with van der Waals surface area (Å²) >= 11 is 0. The van der Waals surface area contributed by atoms with E-state index in [1.807, 2.05) is 11.9 Å². The Hall–Kier alpha value is -1.27. The Morgan fingerprint density at radius 3 is 2.26 bits per heavy atom. The molecule has 0 bridgehead atoms. The van der Waals surface area contributed by atoms with Crippen LogP contribution in [0.1, 0.15) is 11.7 Å². The number of likely N-dealkylation sites (N-methyl/N-ethyl adjacent to an activating group) is 1. The highest BCUT2D eigenvalue weighted by Gasteiger charge is 2.41. The van der Waals surface area contributed by atoms with Gasteiger partial charge < -0.3 is 14.9 Å². The average molecular weight is 274 g/mol. The van der Waals surface area contributed by atoms with Crippen molar-refractivity contribution < 1.29 is 18.3 Å². The van der Waals surface area contributed by atoms with Crippen LogP contribution >= 0.6 is 0 Å². The number of anilines is 1. The molecule has 1 aliphatic heterocycles. The molecule has 19 heavy (non-hydrogen) atoms. The normalized spacial score (nSPS) is 19.5. The second kappa shape index (κ2) is 5.38. The molecule has 6 heteroatoms. The van der Waals surface area contributed by atoms with Crippen molar-refractivity contribution >= 4 is 5.69 Å². The number of piperazine rings is 1. The van der Waals surface area contributed by atoms with Crippen molar-refractivity contribution in [3.05, 3.63) is 29.8 Å². The van der Waals surface area contributed by atoms with Gasteiger partial charge in [0.1, 0.15) is 0 Å². The number of para-hydroxylation sites is 1. The maximum absolute atomic E-state index is 12.7. The van der Waals surface area contributed by atoms with Crippen LogP contribution in [0.4, 0.5) is 18.9 Å². The van der Waals surface area contributed by atoms with E-state index in [1.165, 1.54) is 12.1 Å². The Kier molecular flexibility index (Phi) is 4.01. The molecule has 0 amide bonds. The molecule has 1 aromatic carbocycles. The third-order valence-electron chi connectivity index (χ3n) is 3.39. The van der Waals surface area contributed by atoms with E-state index in [0.29, 0.717) is 18.8 Å². The number of hydrogen-bond acceptors (Lipinski definition) is 3. The standard InChI is InChI=1S/C13H17F3N2O/c1-17-6-8-18(9-7-17)11-5-3-2-4-10(11)12(19)13(14,15)16/h2-5,12,19H,6-9H2,1H3. The number of rotatable bonds is 2. The van der Waals surface area contributed by atoms with Gasteiger partial charge in [-0.2, -0.15) is 13.2 Å². The minimum Gasteiger partial charge on any atom is -0.379 e. The molecule has 0 aliphatic carbocycles. The smallest absolute Gasteiger partial charge is 0.379 e. The van der Waals surface area contributed by atoms with Crippen molar-refractivity contribution in [2.45, 2.75) is 12.3 Å². The van der Waals surface area contributed by atoms with Gasteiger partial charge in [-0.15, -0.1) is 0 Å². The monoisotopic (exact) mass is 274 g/mol. The SMILES string of the molecule is CN1CCN(c2ccccc2C(O)C(F)(F)F)CC1. The fourth-order valence-corrected chi connectivity index (χ4v) is 2.23. The summed E-state index contributed by atoms with van der Waals surface area (Å²) in [6.45, 7) is 2.93. The first-order valence-corrected chi connectivity index (χ1v) is 6.17. The van der Waals surface area contributed by atoms with Crippen molar-refractivity contribution in [1.29, 1.82) is 0 Å². The largest absolute Gasteiger partial charge is 0.418 e. The first-order chi connectivity index (χ1) is 8.89. The fraction of sp³-hybridized carbons (Fsp3) is 0.538. The first-order valence-electron chi connectivity index (χ1n) is 6.17. The lowest BCUT2D eigenvalue weighted by atomic mass is 10.1. The summed E-state index contributed by atoms with van der Waals surface area (Å²) in [6.07, 6.45) is -7.06. The maximum atomic E-state index is 12.7. The Morgan fingerprint density at radius 2 is 1.68 bits per heavy atom. The topological polar surface area (TPSA) is 26.7 Å². The minimum absolute atomic E-state index is 0.0699. The summed E-state index contributed by atoms with van der Waals surface area (Å²) in [5, 5.41) is 9.46. The molecule has 3 nitrogen and oxygen atoms in total. The molecule has 1 unspecified atom stereocenters. The molecule has 0 spiro atoms. The first kappa shape index (κ1) is 14.1. The molecule has 1 aromatic rings. The quantitative estimate of drug-likeness (QED) is 0.894. The molecule has 1 N–H and O–H groups in total. The van der Waals surface area contributed by atoms with E-state index < -0.39 is 12.3 Å². The lowest BCUT2D eigenvalue weighted by molar-refractivity contribution is -0.206. The molecule has 2 rings (SSSR count). The van der Waals surface area contributed by atoms with Crippen LogP contribution in [0, 0.1) is 0 Å². The molecule has 0 saturated carbocycles. The van der Waals surface area contributed by atoms with Gasteiger partial charge >= 0.3 is 6.18 Å². The Morgan fingerprint density at radius 1 is 1.11 bits per heavy atom. The Balaban J connectivity index is 2.26. The van der Waals surface area contributed by atoms with E-state index in [4.69, 9.17) is 0 Å². The molecule has 1 aliphatic rings. The van der Waals surface area contributed by atoms with Crippen LogP contribution < -0.4 is 4.90 Å². The molecule has 0 aromatic heterocycles. The van der Waals surface area contributed by atoms with Gasteiger partial charge in [0.2, 0.25) is 0 Å². The van der Waals surface area contributed by atoms with Crippen molar-refractivity contribution in [3.63, 3.8) is 0 Å². The zero-order valence-electron chi connectivity index (χ0n) is 10.7. The summed E-state index contributed by atoms with van der Waals surface area (Å²) in [6, 6.07) is 6.19. The van der Waals surface area contributed by atoms with Gasteiger partial charge in [0.25, 0.3) is 0 Å². The number of nitrogens with zero attached hydrogens (tertiary/aromatic N) is 2. The average Bonchev–Trinajstić information content (AvgIpc) is 2.38. The highest BCUT2D eigenvalue weighted by molar-refractivity contribution is 5.55. The van der Waals surface area contributed by atoms with Gasteiger partial charge in [0.05, 0.1) is 0 Å². The molecular formula is C13H17F3N2O. The zero-order chi connectivity index (χ0) is 14.0. The number of aliphatic hydroxyl groups is 1. The van der Waals surface area contributed by atoms with Crippen LogP contribution in [-0.4, -0.2) is 49.4 Å². The summed E-state index contributed by atoms with van der Waals surface area (Å²) in [4.78, 5) is 4.02. The Bertz CT molecular complexity index is 428. The third-order valence-corrected chi connectivity index (χ3v) is 3.39. The van der Waals surface area contributed by atoms with E-state index in [0.717, 1.165) is 13.1 Å². The van der Waals surface area contributed by atoms with E-state index >= 15 is 0 Å². The molecule has 106 valence electrons. The Labute approximate surface area is 110 Å². The highest BCUT2D eigenvalue weighted by Crippen LogP contribution is 2.37. The number of benzene rings is 1. The van der Waals surface area contributed by atoms with Crippen molar-refractivity contribution in [1.82, 2.24) is 4.90 Å². The van der Waals surface area contributed by atoms with Gasteiger partial charge in [-0.25, -0.2) is 0 Å². The number of hydrogen-bond donors (Lipinski definition) is 1. The summed E-state index contributed by atoms with van der Waals surface area (Å²) in [5.41, 5.74) is 0.403. The van der Waals surface area contributed by atoms with Crippen LogP contribution in [0.25, 0.3) is 0 Å². The van der Waals surface area contributed by atoms with E-state index in [1.54, 1.807) is 12.1 Å². The summed E-state index contributed by atoms with van der Waals surface area (Å²) in [7, 11) is 1.98. The second-order valence-corrected chi connectivity index (χ2v) is 4.79. The third kappa shape index (κ3) is 3.19. The summed E-state index contributed by atoms with van der Waals surface area (Å²) < 4.78 is 38.0. The van der Waals surface area contributed by atoms with Crippen LogP contribution in [0.5, 0.6) is 0 Å². The van der Waals surface area contributed by atoms with Crippen LogP contribution in [-0.2, 0) is 0 Å². The van der Waals surface area contributed by atoms with Crippen LogP contribution in [0.2, 0.25) is 0 Å². The van der Waals surface area contributed by atoms with Gasteiger partial charge in [0.15, 0.2) is 6.10 Å². The van der Waals surface area contributed by atoms with Crippen LogP contribution in [0.15, 0.2) is 24.3 Å². The van der Waals surface area contributed by atoms with Crippen molar-refractivity contribution in [2.75, 3.05) is 38.1 Å². The molecule has 0 radical (unpaired) electrons. The molecule has 1 heterocycles. The lowest BCUT2D eigenvalue weighted by Gasteiger charge is -2.35. The number of alkyl halides is 3. The second-order valence-electron chi connectivity index (χ2n) is 4.79. The van der Waals surface area contributed by atoms with E-state index in [9.17, 15) is 18.3 Å². The van der Waals surface area contributed by atoms with Crippen LogP contribution in [0.3, 0.4) is 0 Å². The van der Waals surface area contributed by atoms with Gasteiger partial charge in [-0.1, -0.05) is 18.2 Å². The minimum atomic E-state index is -4.64. The van der Waals surface area contributed by atoms with Gasteiger partial charge in [-0.3, -0.25) is 0 Å². The molecular weight excluding hydrogens is 257 g/mol. The molecule has 1 fully saturated rings. The number of aliphatic hydroxyl groups excluding tert-OH is 1. The van der Waals surface area contributed by atoms with Gasteiger partial charge in [0, 0.05) is 37.4 Å². The van der Waals surface area contributed by atoms with Crippen molar-refractivity contribution in [3.8, 4) is 0 Å². The van der Waals surface area contributed by atoms with Crippen molar-refractivity contribution in [2.24, 2.45) is 0 Å². The maximum Gasteiger partial charge on any atom is 0.418 e. The zero-order valence-corrected chi connectivity index (χ0v) is 10.7.